The molecule has 2 heterocycles. The van der Waals surface area contributed by atoms with Crippen LogP contribution in [0.5, 0.6) is 11.5 Å². The molecule has 6 heteroatoms. The fourth-order valence-electron chi connectivity index (χ4n) is 4.59. The van der Waals surface area contributed by atoms with Crippen LogP contribution in [0.3, 0.4) is 0 Å². The van der Waals surface area contributed by atoms with Crippen molar-refractivity contribution in [1.29, 1.82) is 0 Å². The first-order valence-corrected chi connectivity index (χ1v) is 10.6. The Morgan fingerprint density at radius 1 is 1.17 bits per heavy atom. The molecule has 0 saturated heterocycles. The topological polar surface area (TPSA) is 57.7 Å². The van der Waals surface area contributed by atoms with Crippen LogP contribution in [0.4, 0.5) is 4.39 Å². The molecule has 3 atom stereocenters. The Kier molecular flexibility index (Phi) is 5.93. The molecule has 4 rings (SSSR count). The second-order valence-electron chi connectivity index (χ2n) is 8.11. The summed E-state index contributed by atoms with van der Waals surface area (Å²) in [7, 11) is 3.22. The van der Waals surface area contributed by atoms with Crippen LogP contribution in [0.15, 0.2) is 30.2 Å². The van der Waals surface area contributed by atoms with Crippen molar-refractivity contribution in [3.8, 4) is 11.5 Å². The number of carbonyl (C=O) groups is 1. The first kappa shape index (κ1) is 20.6. The maximum Gasteiger partial charge on any atom is 0.169 e. The highest BCUT2D eigenvalue weighted by molar-refractivity contribution is 5.99. The van der Waals surface area contributed by atoms with E-state index in [1.807, 2.05) is 18.3 Å². The van der Waals surface area contributed by atoms with Crippen molar-refractivity contribution in [2.45, 2.75) is 57.7 Å². The summed E-state index contributed by atoms with van der Waals surface area (Å²) in [6.07, 6.45) is 5.81. The minimum atomic E-state index is -0.925. The number of aryl methyl sites for hydroxylation is 1. The third-order valence-electron chi connectivity index (χ3n) is 6.19. The van der Waals surface area contributed by atoms with Crippen LogP contribution in [-0.4, -0.2) is 37.3 Å². The molecule has 2 aliphatic rings. The molecule has 1 fully saturated rings. The average Bonchev–Trinajstić information content (AvgIpc) is 2.76. The number of allylic oxidation sites excluding steroid dienone is 1. The first-order chi connectivity index (χ1) is 14.5. The Balaban J connectivity index is 1.73. The molecule has 1 aliphatic carbocycles. The van der Waals surface area contributed by atoms with Crippen molar-refractivity contribution in [3.05, 3.63) is 41.4 Å². The van der Waals surface area contributed by atoms with E-state index in [1.54, 1.807) is 20.5 Å². The number of ether oxygens (including phenoxy) is 3. The number of hydrogen-bond acceptors (Lipinski definition) is 5. The lowest BCUT2D eigenvalue weighted by atomic mass is 9.78. The molecule has 0 bridgehead atoms. The first-order valence-electron chi connectivity index (χ1n) is 10.6. The lowest BCUT2D eigenvalue weighted by molar-refractivity contribution is -0.128. The number of halogens is 1. The maximum absolute atomic E-state index is 13.9. The molecule has 1 aromatic heterocycles. The average molecular weight is 413 g/mol. The molecule has 160 valence electrons. The lowest BCUT2D eigenvalue weighted by Crippen LogP contribution is -2.40. The number of rotatable bonds is 6. The number of methoxy groups -OCH3 is 2. The number of Topliss-reactive ketones (excluding diaryl/α,β-unsaturated/α-hetero) is 1. The minimum Gasteiger partial charge on any atom is -0.497 e. The van der Waals surface area contributed by atoms with Crippen LogP contribution < -0.4 is 9.47 Å². The van der Waals surface area contributed by atoms with Gasteiger partial charge in [0.1, 0.15) is 12.3 Å². The number of carbonyl (C=O) groups excluding carboxylic acids is 1. The minimum absolute atomic E-state index is 0.000128. The third kappa shape index (κ3) is 3.75. The zero-order valence-corrected chi connectivity index (χ0v) is 17.7. The van der Waals surface area contributed by atoms with Gasteiger partial charge in [-0.15, -0.1) is 0 Å². The van der Waals surface area contributed by atoms with Gasteiger partial charge in [-0.2, -0.15) is 0 Å². The van der Waals surface area contributed by atoms with E-state index >= 15 is 0 Å². The summed E-state index contributed by atoms with van der Waals surface area (Å²) in [6, 6.07) is 3.90. The smallest absolute Gasteiger partial charge is 0.169 e. The summed E-state index contributed by atoms with van der Waals surface area (Å²) in [6.45, 7) is 2.11. The Morgan fingerprint density at radius 3 is 2.60 bits per heavy atom. The number of alkyl halides is 1. The van der Waals surface area contributed by atoms with Crippen molar-refractivity contribution >= 4 is 16.6 Å². The van der Waals surface area contributed by atoms with Crippen LogP contribution in [0.2, 0.25) is 0 Å². The fourth-order valence-corrected chi connectivity index (χ4v) is 4.59. The Hall–Kier alpha value is -2.63. The van der Waals surface area contributed by atoms with Crippen LogP contribution in [0.25, 0.3) is 10.8 Å². The van der Waals surface area contributed by atoms with Gasteiger partial charge in [0.05, 0.1) is 26.4 Å². The van der Waals surface area contributed by atoms with Crippen molar-refractivity contribution in [3.63, 3.8) is 0 Å². The number of ketones is 1. The molecule has 2 aromatic rings. The standard InChI is InChI=1S/C24H28FNO4/c1-4-5-20-18-11-23(29-3)22(28-2)10-17(18)14(12-26-20)8-15-13-30-21-7-6-16(25)9-19(21)24(15)27/h10-13,16,19,21H,4-9H2,1-3H3. The molecular weight excluding hydrogens is 385 g/mol. The van der Waals surface area contributed by atoms with Gasteiger partial charge in [0.25, 0.3) is 0 Å². The molecule has 0 radical (unpaired) electrons. The summed E-state index contributed by atoms with van der Waals surface area (Å²) in [5, 5.41) is 1.98. The maximum atomic E-state index is 13.9. The van der Waals surface area contributed by atoms with Crippen molar-refractivity contribution < 1.29 is 23.4 Å². The van der Waals surface area contributed by atoms with Crippen molar-refractivity contribution in [2.24, 2.45) is 5.92 Å². The molecule has 1 aromatic carbocycles. The predicted octanol–water partition coefficient (Wildman–Crippen LogP) is 4.74. The van der Waals surface area contributed by atoms with Gasteiger partial charge in [-0.3, -0.25) is 9.78 Å². The van der Waals surface area contributed by atoms with Gasteiger partial charge in [0.2, 0.25) is 0 Å². The zero-order valence-electron chi connectivity index (χ0n) is 17.7. The number of hydrogen-bond donors (Lipinski definition) is 0. The largest absolute Gasteiger partial charge is 0.497 e. The molecule has 1 aliphatic heterocycles. The van der Waals surface area contributed by atoms with Gasteiger partial charge < -0.3 is 14.2 Å². The van der Waals surface area contributed by atoms with E-state index in [0.29, 0.717) is 36.3 Å². The Labute approximate surface area is 176 Å². The highest BCUT2D eigenvalue weighted by Gasteiger charge is 2.40. The molecule has 0 amide bonds. The number of aromatic nitrogens is 1. The Bertz CT molecular complexity index is 987. The van der Waals surface area contributed by atoms with E-state index in [-0.39, 0.29) is 24.2 Å². The van der Waals surface area contributed by atoms with E-state index in [4.69, 9.17) is 14.2 Å². The van der Waals surface area contributed by atoms with Crippen LogP contribution >= 0.6 is 0 Å². The Morgan fingerprint density at radius 2 is 1.90 bits per heavy atom. The molecule has 30 heavy (non-hydrogen) atoms. The molecule has 3 unspecified atom stereocenters. The van der Waals surface area contributed by atoms with Gasteiger partial charge in [-0.1, -0.05) is 13.3 Å². The van der Waals surface area contributed by atoms with Gasteiger partial charge in [-0.25, -0.2) is 4.39 Å². The van der Waals surface area contributed by atoms with Gasteiger partial charge in [0.15, 0.2) is 17.3 Å². The summed E-state index contributed by atoms with van der Waals surface area (Å²) in [4.78, 5) is 17.7. The van der Waals surface area contributed by atoms with E-state index < -0.39 is 6.17 Å². The molecular formula is C24H28FNO4. The second-order valence-corrected chi connectivity index (χ2v) is 8.11. The van der Waals surface area contributed by atoms with Crippen LogP contribution in [0, 0.1) is 5.92 Å². The number of pyridine rings is 1. The molecule has 0 spiro atoms. The SMILES string of the molecule is CCCc1ncc(CC2=COC3CCC(F)CC3C2=O)c2cc(OC)c(OC)cc12. The van der Waals surface area contributed by atoms with Gasteiger partial charge >= 0.3 is 0 Å². The molecule has 1 saturated carbocycles. The number of benzene rings is 1. The number of nitrogens with zero attached hydrogens (tertiary/aromatic N) is 1. The quantitative estimate of drug-likeness (QED) is 0.685. The van der Waals surface area contributed by atoms with Crippen molar-refractivity contribution in [1.82, 2.24) is 4.98 Å². The summed E-state index contributed by atoms with van der Waals surface area (Å²) in [5.74, 6) is 0.895. The highest BCUT2D eigenvalue weighted by Crippen LogP contribution is 2.38. The highest BCUT2D eigenvalue weighted by atomic mass is 19.1. The number of fused-ring (bicyclic) bond motifs is 2. The normalized spacial score (nSPS) is 23.5. The second kappa shape index (κ2) is 8.62. The van der Waals surface area contributed by atoms with E-state index in [2.05, 4.69) is 11.9 Å². The summed E-state index contributed by atoms with van der Waals surface area (Å²) in [5.41, 5.74) is 2.48. The fraction of sp³-hybridized carbons (Fsp3) is 0.500. The van der Waals surface area contributed by atoms with E-state index in [9.17, 15) is 9.18 Å². The van der Waals surface area contributed by atoms with Crippen LogP contribution in [0.1, 0.15) is 43.9 Å². The summed E-state index contributed by atoms with van der Waals surface area (Å²) >= 11 is 0. The van der Waals surface area contributed by atoms with Crippen molar-refractivity contribution in [2.75, 3.05) is 14.2 Å². The lowest BCUT2D eigenvalue weighted by Gasteiger charge is -2.35. The van der Waals surface area contributed by atoms with Gasteiger partial charge in [-0.05, 0) is 48.8 Å². The van der Waals surface area contributed by atoms with E-state index in [0.717, 1.165) is 34.9 Å². The predicted molar refractivity (Wildman–Crippen MR) is 113 cm³/mol. The molecule has 0 N–H and O–H groups in total. The third-order valence-corrected chi connectivity index (χ3v) is 6.19. The summed E-state index contributed by atoms with van der Waals surface area (Å²) < 4.78 is 30.7. The van der Waals surface area contributed by atoms with Crippen LogP contribution in [-0.2, 0) is 22.4 Å². The van der Waals surface area contributed by atoms with E-state index in [1.165, 1.54) is 0 Å². The monoisotopic (exact) mass is 413 g/mol. The molecule has 5 nitrogen and oxygen atoms in total. The van der Waals surface area contributed by atoms with Gasteiger partial charge in [0, 0.05) is 29.3 Å². The zero-order chi connectivity index (χ0) is 21.3.